The van der Waals surface area contributed by atoms with Crippen LogP contribution in [0.3, 0.4) is 0 Å². The van der Waals surface area contributed by atoms with Crippen molar-refractivity contribution in [2.24, 2.45) is 11.3 Å². The van der Waals surface area contributed by atoms with E-state index in [9.17, 15) is 9.59 Å². The largest absolute Gasteiger partial charge is 0.376 e. The van der Waals surface area contributed by atoms with Crippen LogP contribution in [0.25, 0.3) is 0 Å². The lowest BCUT2D eigenvalue weighted by atomic mass is 9.44. The minimum atomic E-state index is -0.533. The summed E-state index contributed by atoms with van der Waals surface area (Å²) in [5.74, 6) is 1.57. The molecule has 0 aromatic heterocycles. The summed E-state index contributed by atoms with van der Waals surface area (Å²) in [5, 5.41) is 3.24. The minimum absolute atomic E-state index is 0.0796. The van der Waals surface area contributed by atoms with Crippen LogP contribution in [0.1, 0.15) is 69.8 Å². The standard InChI is InChI=1S/C27H36N2O4/c1-18-11-27(17-32-16-24(30)28-27)23(29(18)25(31)26-12-19(13-26)14-26)15-33-22-9-7-21(8-10-22)20-5-3-2-4-6-20/h2-6,18-19,21-23H,7-17H2,1H3,(H,28,30)/t18-,19?,21-,22+,23+,26?,27-/m1/s1. The quantitative estimate of drug-likeness (QED) is 0.744. The van der Waals surface area contributed by atoms with Crippen LogP contribution in [-0.4, -0.2) is 60.3 Å². The minimum Gasteiger partial charge on any atom is -0.376 e. The number of likely N-dealkylation sites (tertiary alicyclic amines) is 1. The van der Waals surface area contributed by atoms with E-state index in [0.29, 0.717) is 19.1 Å². The van der Waals surface area contributed by atoms with Crippen LogP contribution in [0.5, 0.6) is 0 Å². The van der Waals surface area contributed by atoms with E-state index in [1.807, 2.05) is 0 Å². The molecule has 7 rings (SSSR count). The molecule has 2 amide bonds. The Balaban J connectivity index is 1.15. The Hall–Kier alpha value is -1.92. The van der Waals surface area contributed by atoms with Gasteiger partial charge in [-0.25, -0.2) is 0 Å². The van der Waals surface area contributed by atoms with Gasteiger partial charge in [0.2, 0.25) is 11.8 Å². The van der Waals surface area contributed by atoms with Crippen molar-refractivity contribution in [3.05, 3.63) is 35.9 Å². The molecule has 3 atom stereocenters. The molecule has 1 spiro atoms. The number of rotatable bonds is 5. The second-order valence-electron chi connectivity index (χ2n) is 11.5. The van der Waals surface area contributed by atoms with Gasteiger partial charge in [0, 0.05) is 6.04 Å². The highest BCUT2D eigenvalue weighted by Crippen LogP contribution is 2.65. The number of ether oxygens (including phenoxy) is 2. The first-order chi connectivity index (χ1) is 16.0. The normalized spacial score (nSPS) is 41.9. The third-order valence-corrected chi connectivity index (χ3v) is 9.25. The fourth-order valence-corrected chi connectivity index (χ4v) is 7.41. The van der Waals surface area contributed by atoms with Crippen LogP contribution in [0, 0.1) is 11.3 Å². The Kier molecular flexibility index (Phi) is 5.29. The molecule has 6 nitrogen and oxygen atoms in total. The number of hydrogen-bond acceptors (Lipinski definition) is 4. The summed E-state index contributed by atoms with van der Waals surface area (Å²) < 4.78 is 12.2. The third-order valence-electron chi connectivity index (χ3n) is 9.25. The Morgan fingerprint density at radius 3 is 2.48 bits per heavy atom. The Labute approximate surface area is 196 Å². The van der Waals surface area contributed by atoms with Crippen LogP contribution >= 0.6 is 0 Å². The molecular weight excluding hydrogens is 416 g/mol. The van der Waals surface area contributed by atoms with Gasteiger partial charge in [-0.3, -0.25) is 9.59 Å². The lowest BCUT2D eigenvalue weighted by Gasteiger charge is -2.62. The van der Waals surface area contributed by atoms with Gasteiger partial charge in [0.1, 0.15) is 6.61 Å². The van der Waals surface area contributed by atoms with E-state index in [2.05, 4.69) is 47.5 Å². The van der Waals surface area contributed by atoms with E-state index in [0.717, 1.165) is 57.3 Å². The molecule has 6 aliphatic rings. The molecule has 2 heterocycles. The van der Waals surface area contributed by atoms with E-state index in [1.54, 1.807) is 0 Å². The van der Waals surface area contributed by atoms with E-state index >= 15 is 0 Å². The van der Waals surface area contributed by atoms with Crippen molar-refractivity contribution in [3.8, 4) is 0 Å². The molecule has 6 fully saturated rings. The van der Waals surface area contributed by atoms with Gasteiger partial charge >= 0.3 is 0 Å². The fourth-order valence-electron chi connectivity index (χ4n) is 7.41. The number of amides is 2. The molecule has 2 bridgehead atoms. The molecule has 33 heavy (non-hydrogen) atoms. The number of morpholine rings is 1. The lowest BCUT2D eigenvalue weighted by Crippen LogP contribution is -2.68. The molecular formula is C27H36N2O4. The average Bonchev–Trinajstić information content (AvgIpc) is 3.01. The number of benzene rings is 1. The maximum absolute atomic E-state index is 13.7. The Bertz CT molecular complexity index is 895. The van der Waals surface area contributed by atoms with Crippen LogP contribution in [0.4, 0.5) is 0 Å². The van der Waals surface area contributed by atoms with Gasteiger partial charge in [-0.1, -0.05) is 30.3 Å². The molecule has 1 aromatic carbocycles. The van der Waals surface area contributed by atoms with Crippen molar-refractivity contribution in [1.82, 2.24) is 10.2 Å². The Morgan fingerprint density at radius 2 is 1.85 bits per heavy atom. The van der Waals surface area contributed by atoms with Crippen LogP contribution < -0.4 is 5.32 Å². The first-order valence-corrected chi connectivity index (χ1v) is 12.9. The topological polar surface area (TPSA) is 67.9 Å². The molecule has 2 aliphatic heterocycles. The molecule has 0 radical (unpaired) electrons. The molecule has 178 valence electrons. The van der Waals surface area contributed by atoms with Crippen LogP contribution in [-0.2, 0) is 19.1 Å². The molecule has 4 saturated carbocycles. The number of carbonyl (C=O) groups is 2. The number of carbonyl (C=O) groups excluding carboxylic acids is 2. The summed E-state index contributed by atoms with van der Waals surface area (Å²) in [6.45, 7) is 3.15. The van der Waals surface area contributed by atoms with Gasteiger partial charge in [-0.2, -0.15) is 0 Å². The Morgan fingerprint density at radius 1 is 1.12 bits per heavy atom. The van der Waals surface area contributed by atoms with Gasteiger partial charge in [0.05, 0.1) is 36.3 Å². The molecule has 2 saturated heterocycles. The molecule has 1 aromatic rings. The summed E-state index contributed by atoms with van der Waals surface area (Å²) in [5.41, 5.74) is 0.766. The molecule has 0 unspecified atom stereocenters. The number of nitrogens with zero attached hydrogens (tertiary/aromatic N) is 1. The maximum Gasteiger partial charge on any atom is 0.246 e. The van der Waals surface area contributed by atoms with E-state index in [1.165, 1.54) is 5.56 Å². The smallest absolute Gasteiger partial charge is 0.246 e. The second-order valence-corrected chi connectivity index (χ2v) is 11.5. The predicted molar refractivity (Wildman–Crippen MR) is 124 cm³/mol. The molecule has 6 heteroatoms. The summed E-state index contributed by atoms with van der Waals surface area (Å²) in [6, 6.07) is 10.7. The van der Waals surface area contributed by atoms with E-state index in [4.69, 9.17) is 9.47 Å². The zero-order valence-electron chi connectivity index (χ0n) is 19.6. The molecule has 4 aliphatic carbocycles. The zero-order chi connectivity index (χ0) is 22.6. The molecule has 1 N–H and O–H groups in total. The SMILES string of the molecule is C[C@@H]1C[C@@]2(COCC(=O)N2)[C@H](CO[C@H]2CC[C@@H](c3ccccc3)CC2)N1C(=O)C12CC(C1)C2. The van der Waals surface area contributed by atoms with Crippen molar-refractivity contribution in [2.75, 3.05) is 19.8 Å². The number of nitrogens with one attached hydrogen (secondary N) is 1. The monoisotopic (exact) mass is 452 g/mol. The van der Waals surface area contributed by atoms with Gasteiger partial charge in [-0.05, 0) is 75.7 Å². The van der Waals surface area contributed by atoms with Crippen molar-refractivity contribution in [2.45, 2.75) is 87.9 Å². The summed E-state index contributed by atoms with van der Waals surface area (Å²) in [4.78, 5) is 28.1. The van der Waals surface area contributed by atoms with Gasteiger partial charge in [-0.15, -0.1) is 0 Å². The van der Waals surface area contributed by atoms with Crippen molar-refractivity contribution >= 4 is 11.8 Å². The van der Waals surface area contributed by atoms with Crippen molar-refractivity contribution in [3.63, 3.8) is 0 Å². The fraction of sp³-hybridized carbons (Fsp3) is 0.704. The summed E-state index contributed by atoms with van der Waals surface area (Å²) in [7, 11) is 0. The van der Waals surface area contributed by atoms with E-state index < -0.39 is 5.54 Å². The van der Waals surface area contributed by atoms with E-state index in [-0.39, 0.29) is 42.0 Å². The van der Waals surface area contributed by atoms with Gasteiger partial charge < -0.3 is 19.7 Å². The second kappa shape index (κ2) is 8.09. The first-order valence-electron chi connectivity index (χ1n) is 12.9. The lowest BCUT2D eigenvalue weighted by molar-refractivity contribution is -0.183. The van der Waals surface area contributed by atoms with Gasteiger partial charge in [0.15, 0.2) is 0 Å². The highest BCUT2D eigenvalue weighted by atomic mass is 16.5. The number of hydrogen-bond donors (Lipinski definition) is 1. The summed E-state index contributed by atoms with van der Waals surface area (Å²) in [6.07, 6.45) is 8.42. The van der Waals surface area contributed by atoms with Crippen LogP contribution in [0.15, 0.2) is 30.3 Å². The first kappa shape index (κ1) is 21.6. The summed E-state index contributed by atoms with van der Waals surface area (Å²) >= 11 is 0. The van der Waals surface area contributed by atoms with Crippen molar-refractivity contribution < 1.29 is 19.1 Å². The maximum atomic E-state index is 13.7. The zero-order valence-corrected chi connectivity index (χ0v) is 19.6. The predicted octanol–water partition coefficient (Wildman–Crippen LogP) is 3.40. The van der Waals surface area contributed by atoms with Crippen LogP contribution in [0.2, 0.25) is 0 Å². The van der Waals surface area contributed by atoms with Gasteiger partial charge in [0.25, 0.3) is 0 Å². The third kappa shape index (κ3) is 3.61. The van der Waals surface area contributed by atoms with Crippen molar-refractivity contribution in [1.29, 1.82) is 0 Å². The highest BCUT2D eigenvalue weighted by Gasteiger charge is 2.66. The highest BCUT2D eigenvalue weighted by molar-refractivity contribution is 5.87. The average molecular weight is 453 g/mol.